The minimum atomic E-state index is -0.130. The summed E-state index contributed by atoms with van der Waals surface area (Å²) in [6, 6.07) is 7.95. The van der Waals surface area contributed by atoms with Gasteiger partial charge in [0.15, 0.2) is 5.13 Å². The number of carbonyl (C=O) groups excluding carboxylic acids is 1. The zero-order chi connectivity index (χ0) is 16.9. The number of hydrogen-bond acceptors (Lipinski definition) is 5. The van der Waals surface area contributed by atoms with Crippen LogP contribution in [0.2, 0.25) is 0 Å². The van der Waals surface area contributed by atoms with E-state index in [0.29, 0.717) is 0 Å². The van der Waals surface area contributed by atoms with Crippen molar-refractivity contribution in [3.8, 4) is 0 Å². The molecule has 0 bridgehead atoms. The lowest BCUT2D eigenvalue weighted by atomic mass is 10.1. The van der Waals surface area contributed by atoms with E-state index >= 15 is 0 Å². The van der Waals surface area contributed by atoms with Crippen molar-refractivity contribution < 1.29 is 4.79 Å². The largest absolute Gasteiger partial charge is 0.346 e. The van der Waals surface area contributed by atoms with Gasteiger partial charge in [-0.1, -0.05) is 19.1 Å². The van der Waals surface area contributed by atoms with Crippen molar-refractivity contribution in [3.05, 3.63) is 41.4 Å². The van der Waals surface area contributed by atoms with E-state index in [2.05, 4.69) is 39.2 Å². The summed E-state index contributed by atoms with van der Waals surface area (Å²) in [5.41, 5.74) is 2.14. The van der Waals surface area contributed by atoms with Crippen molar-refractivity contribution in [2.75, 3.05) is 36.4 Å². The number of anilines is 2. The first-order chi connectivity index (χ1) is 11.7. The second-order valence-electron chi connectivity index (χ2n) is 6.05. The van der Waals surface area contributed by atoms with Crippen molar-refractivity contribution >= 4 is 28.1 Å². The van der Waals surface area contributed by atoms with Crippen molar-refractivity contribution in [2.45, 2.75) is 26.3 Å². The molecule has 0 radical (unpaired) electrons. The number of nitrogens with zero attached hydrogens (tertiary/aromatic N) is 3. The van der Waals surface area contributed by atoms with Crippen LogP contribution in [0.3, 0.4) is 0 Å². The van der Waals surface area contributed by atoms with E-state index in [9.17, 15) is 4.79 Å². The van der Waals surface area contributed by atoms with Gasteiger partial charge in [-0.05, 0) is 31.0 Å². The van der Waals surface area contributed by atoms with Crippen molar-refractivity contribution in [1.29, 1.82) is 0 Å². The minimum absolute atomic E-state index is 0.0574. The quantitative estimate of drug-likeness (QED) is 0.906. The highest BCUT2D eigenvalue weighted by Gasteiger charge is 2.26. The number of aromatic nitrogens is 1. The summed E-state index contributed by atoms with van der Waals surface area (Å²) in [6.45, 7) is 7.69. The van der Waals surface area contributed by atoms with E-state index in [-0.39, 0.29) is 11.9 Å². The number of aryl methyl sites for hydroxylation is 1. The third-order valence-corrected chi connectivity index (χ3v) is 5.39. The molecule has 0 saturated carbocycles. The number of piperazine rings is 1. The van der Waals surface area contributed by atoms with E-state index in [1.54, 1.807) is 11.3 Å². The maximum absolute atomic E-state index is 12.5. The van der Waals surface area contributed by atoms with Crippen molar-refractivity contribution in [2.24, 2.45) is 0 Å². The van der Waals surface area contributed by atoms with Crippen LogP contribution in [0.4, 0.5) is 10.8 Å². The third-order valence-electron chi connectivity index (χ3n) is 4.56. The van der Waals surface area contributed by atoms with Gasteiger partial charge >= 0.3 is 0 Å². The molecule has 3 rings (SSSR count). The van der Waals surface area contributed by atoms with Gasteiger partial charge < -0.3 is 10.2 Å². The SMILES string of the molecule is CCc1ccc(NC(=O)C(C)N2CCN(c3nccs3)CC2)cc1. The van der Waals surface area contributed by atoms with Crippen LogP contribution in [0.5, 0.6) is 0 Å². The molecule has 128 valence electrons. The standard InChI is InChI=1S/C18H24N4OS/c1-3-15-4-6-16(7-5-15)20-17(23)14(2)21-9-11-22(12-10-21)18-19-8-13-24-18/h4-8,13-14H,3,9-12H2,1-2H3,(H,20,23). The number of thiazole rings is 1. The molecule has 1 aliphatic rings. The Morgan fingerprint density at radius 2 is 1.96 bits per heavy atom. The molecular formula is C18H24N4OS. The molecule has 1 saturated heterocycles. The highest BCUT2D eigenvalue weighted by atomic mass is 32.1. The molecule has 6 heteroatoms. The maximum atomic E-state index is 12.5. The Kier molecular flexibility index (Phi) is 5.48. The van der Waals surface area contributed by atoms with Crippen LogP contribution >= 0.6 is 11.3 Å². The first-order valence-electron chi connectivity index (χ1n) is 8.45. The summed E-state index contributed by atoms with van der Waals surface area (Å²) in [5.74, 6) is 0.0574. The summed E-state index contributed by atoms with van der Waals surface area (Å²) in [4.78, 5) is 21.4. The smallest absolute Gasteiger partial charge is 0.241 e. The Morgan fingerprint density at radius 3 is 2.54 bits per heavy atom. The van der Waals surface area contributed by atoms with Crippen LogP contribution in [-0.2, 0) is 11.2 Å². The number of hydrogen-bond donors (Lipinski definition) is 1. The molecule has 0 spiro atoms. The molecule has 1 unspecified atom stereocenters. The zero-order valence-corrected chi connectivity index (χ0v) is 15.1. The predicted molar refractivity (Wildman–Crippen MR) is 99.8 cm³/mol. The van der Waals surface area contributed by atoms with E-state index < -0.39 is 0 Å². The normalized spacial score (nSPS) is 16.8. The molecule has 1 aromatic carbocycles. The monoisotopic (exact) mass is 344 g/mol. The first-order valence-corrected chi connectivity index (χ1v) is 9.33. The Bertz CT molecular complexity index is 648. The molecule has 2 aromatic rings. The Morgan fingerprint density at radius 1 is 1.25 bits per heavy atom. The molecule has 2 heterocycles. The Hall–Kier alpha value is -1.92. The zero-order valence-electron chi connectivity index (χ0n) is 14.2. The topological polar surface area (TPSA) is 48.5 Å². The fourth-order valence-corrected chi connectivity index (χ4v) is 3.61. The van der Waals surface area contributed by atoms with Gasteiger partial charge in [0.1, 0.15) is 0 Å². The highest BCUT2D eigenvalue weighted by molar-refractivity contribution is 7.13. The van der Waals surface area contributed by atoms with Gasteiger partial charge in [-0.25, -0.2) is 4.98 Å². The fourth-order valence-electron chi connectivity index (χ4n) is 2.91. The lowest BCUT2D eigenvalue weighted by molar-refractivity contribution is -0.120. The van der Waals surface area contributed by atoms with Crippen LogP contribution in [0.15, 0.2) is 35.8 Å². The second kappa shape index (κ2) is 7.77. The molecule has 1 atom stereocenters. The van der Waals surface area contributed by atoms with Crippen LogP contribution in [0.25, 0.3) is 0 Å². The van der Waals surface area contributed by atoms with E-state index in [1.807, 2.05) is 30.6 Å². The average Bonchev–Trinajstić information content (AvgIpc) is 3.16. The van der Waals surface area contributed by atoms with Gasteiger partial charge in [-0.2, -0.15) is 0 Å². The highest BCUT2D eigenvalue weighted by Crippen LogP contribution is 2.20. The number of nitrogens with one attached hydrogen (secondary N) is 1. The molecule has 1 fully saturated rings. The number of rotatable bonds is 5. The lowest BCUT2D eigenvalue weighted by Gasteiger charge is -2.37. The minimum Gasteiger partial charge on any atom is -0.346 e. The average molecular weight is 344 g/mol. The molecule has 1 amide bonds. The summed E-state index contributed by atoms with van der Waals surface area (Å²) in [6.07, 6.45) is 2.85. The van der Waals surface area contributed by atoms with Gasteiger partial charge in [0.2, 0.25) is 5.91 Å². The summed E-state index contributed by atoms with van der Waals surface area (Å²) >= 11 is 1.67. The van der Waals surface area contributed by atoms with Gasteiger partial charge in [0, 0.05) is 43.4 Å². The van der Waals surface area contributed by atoms with Crippen molar-refractivity contribution in [1.82, 2.24) is 9.88 Å². The molecule has 1 aromatic heterocycles. The molecule has 0 aliphatic carbocycles. The number of amides is 1. The van der Waals surface area contributed by atoms with Crippen LogP contribution < -0.4 is 10.2 Å². The predicted octanol–water partition coefficient (Wildman–Crippen LogP) is 2.85. The van der Waals surface area contributed by atoms with Crippen LogP contribution in [-0.4, -0.2) is 48.0 Å². The van der Waals surface area contributed by atoms with Crippen LogP contribution in [0.1, 0.15) is 19.4 Å². The van der Waals surface area contributed by atoms with Gasteiger partial charge in [-0.3, -0.25) is 9.69 Å². The van der Waals surface area contributed by atoms with Gasteiger partial charge in [0.25, 0.3) is 0 Å². The molecule has 5 nitrogen and oxygen atoms in total. The molecule has 24 heavy (non-hydrogen) atoms. The van der Waals surface area contributed by atoms with Gasteiger partial charge in [-0.15, -0.1) is 11.3 Å². The Balaban J connectivity index is 1.52. The Labute approximate surface area is 147 Å². The summed E-state index contributed by atoms with van der Waals surface area (Å²) in [5, 5.41) is 6.10. The van der Waals surface area contributed by atoms with E-state index in [0.717, 1.165) is 43.4 Å². The number of carbonyl (C=O) groups is 1. The molecule has 1 aliphatic heterocycles. The summed E-state index contributed by atoms with van der Waals surface area (Å²) < 4.78 is 0. The van der Waals surface area contributed by atoms with E-state index in [4.69, 9.17) is 0 Å². The number of benzene rings is 1. The molecule has 1 N–H and O–H groups in total. The fraction of sp³-hybridized carbons (Fsp3) is 0.444. The molecular weight excluding hydrogens is 320 g/mol. The van der Waals surface area contributed by atoms with Crippen molar-refractivity contribution in [3.63, 3.8) is 0 Å². The first kappa shape index (κ1) is 16.9. The second-order valence-corrected chi connectivity index (χ2v) is 6.93. The third kappa shape index (κ3) is 3.94. The van der Waals surface area contributed by atoms with E-state index in [1.165, 1.54) is 5.56 Å². The summed E-state index contributed by atoms with van der Waals surface area (Å²) in [7, 11) is 0. The maximum Gasteiger partial charge on any atom is 0.241 e. The van der Waals surface area contributed by atoms with Gasteiger partial charge in [0.05, 0.1) is 6.04 Å². The van der Waals surface area contributed by atoms with Crippen LogP contribution in [0, 0.1) is 0 Å². The lowest BCUT2D eigenvalue weighted by Crippen LogP contribution is -2.52.